The van der Waals surface area contributed by atoms with Crippen LogP contribution in [0.5, 0.6) is 11.5 Å². The predicted octanol–water partition coefficient (Wildman–Crippen LogP) is 3.83. The maximum absolute atomic E-state index is 8.94. The maximum Gasteiger partial charge on any atom is 0.141 e. The Labute approximate surface area is 236 Å². The molecule has 1 aromatic heterocycles. The van der Waals surface area contributed by atoms with Crippen molar-refractivity contribution in [2.45, 2.75) is 37.8 Å². The molecule has 0 amide bonds. The summed E-state index contributed by atoms with van der Waals surface area (Å²) >= 11 is 0. The Bertz CT molecular complexity index is 1260. The Morgan fingerprint density at radius 1 is 0.950 bits per heavy atom. The first kappa shape index (κ1) is 26.7. The number of benzene rings is 2. The van der Waals surface area contributed by atoms with Gasteiger partial charge in [-0.15, -0.1) is 0 Å². The number of nitrogens with two attached hydrogens (primary N) is 1. The van der Waals surface area contributed by atoms with Gasteiger partial charge in [0.1, 0.15) is 29.5 Å². The number of ether oxygens (including phenoxy) is 1. The second-order valence-corrected chi connectivity index (χ2v) is 11.3. The smallest absolute Gasteiger partial charge is 0.141 e. The zero-order valence-electron chi connectivity index (χ0n) is 23.1. The van der Waals surface area contributed by atoms with Gasteiger partial charge in [0.15, 0.2) is 0 Å². The summed E-state index contributed by atoms with van der Waals surface area (Å²) < 4.78 is 5.90. The highest BCUT2D eigenvalue weighted by molar-refractivity contribution is 6.16. The molecule has 4 heterocycles. The van der Waals surface area contributed by atoms with E-state index in [4.69, 9.17) is 15.9 Å². The van der Waals surface area contributed by atoms with Crippen molar-refractivity contribution in [2.75, 3.05) is 56.9 Å². The van der Waals surface area contributed by atoms with E-state index >= 15 is 0 Å². The highest BCUT2D eigenvalue weighted by atomic mass is 16.5. The first-order valence-electron chi connectivity index (χ1n) is 14.6. The molecule has 3 aromatic rings. The molecule has 9 nitrogen and oxygen atoms in total. The zero-order valence-corrected chi connectivity index (χ0v) is 23.1. The number of hydrogen-bond acceptors (Lipinski definition) is 9. The molecule has 0 aliphatic carbocycles. The number of hydrogen-bond donors (Lipinski definition) is 4. The lowest BCUT2D eigenvalue weighted by Gasteiger charge is -2.49. The van der Waals surface area contributed by atoms with Gasteiger partial charge in [0.05, 0.1) is 11.3 Å². The zero-order chi connectivity index (χ0) is 27.3. The predicted molar refractivity (Wildman–Crippen MR) is 159 cm³/mol. The Balaban J connectivity index is 1.03. The van der Waals surface area contributed by atoms with Gasteiger partial charge < -0.3 is 21.1 Å². The largest absolute Gasteiger partial charge is 0.457 e. The van der Waals surface area contributed by atoms with Gasteiger partial charge in [0.2, 0.25) is 0 Å². The number of piperidine rings is 2. The van der Waals surface area contributed by atoms with Crippen LogP contribution < -0.4 is 21.1 Å². The summed E-state index contributed by atoms with van der Waals surface area (Å²) in [6.07, 6.45) is 6.21. The molecule has 0 bridgehead atoms. The summed E-state index contributed by atoms with van der Waals surface area (Å²) in [5.74, 6) is 3.30. The Morgan fingerprint density at radius 3 is 2.38 bits per heavy atom. The Morgan fingerprint density at radius 2 is 1.65 bits per heavy atom. The molecule has 9 heteroatoms. The number of rotatable bonds is 9. The van der Waals surface area contributed by atoms with Gasteiger partial charge in [-0.25, -0.2) is 9.97 Å². The SMILES string of the molecule is N=C(c1ccc(Oc2ccccc2)cc1)c1c(N)ncnc1NC1CCN(C2CN(CC3CCNCC3)C2)CC1. The molecule has 0 radical (unpaired) electrons. The lowest BCUT2D eigenvalue weighted by Crippen LogP contribution is -2.62. The van der Waals surface area contributed by atoms with E-state index in [0.717, 1.165) is 43.2 Å². The molecule has 2 aromatic carbocycles. The third kappa shape index (κ3) is 6.27. The summed E-state index contributed by atoms with van der Waals surface area (Å²) in [5.41, 5.74) is 7.88. The lowest BCUT2D eigenvalue weighted by atomic mass is 9.94. The number of nitrogen functional groups attached to an aromatic ring is 1. The summed E-state index contributed by atoms with van der Waals surface area (Å²) in [6.45, 7) is 8.21. The van der Waals surface area contributed by atoms with Gasteiger partial charge >= 0.3 is 0 Å². The van der Waals surface area contributed by atoms with Crippen LogP contribution in [0, 0.1) is 11.3 Å². The Hall–Kier alpha value is -3.53. The van der Waals surface area contributed by atoms with Crippen molar-refractivity contribution < 1.29 is 4.74 Å². The molecule has 0 saturated carbocycles. The fraction of sp³-hybridized carbons (Fsp3) is 0.452. The van der Waals surface area contributed by atoms with E-state index in [9.17, 15) is 0 Å². The van der Waals surface area contributed by atoms with Crippen molar-refractivity contribution >= 4 is 17.3 Å². The van der Waals surface area contributed by atoms with Crippen molar-refractivity contribution in [1.82, 2.24) is 25.1 Å². The molecule has 3 aliphatic heterocycles. The molecule has 40 heavy (non-hydrogen) atoms. The molecular weight excluding hydrogens is 500 g/mol. The topological polar surface area (TPSA) is 115 Å². The molecule has 6 rings (SSSR count). The molecule has 210 valence electrons. The van der Waals surface area contributed by atoms with Crippen LogP contribution in [0.3, 0.4) is 0 Å². The number of nitrogens with zero attached hydrogens (tertiary/aromatic N) is 4. The highest BCUT2D eigenvalue weighted by Gasteiger charge is 2.35. The minimum absolute atomic E-state index is 0.296. The summed E-state index contributed by atoms with van der Waals surface area (Å²) in [5, 5.41) is 16.0. The van der Waals surface area contributed by atoms with Gasteiger partial charge in [0, 0.05) is 50.4 Å². The van der Waals surface area contributed by atoms with E-state index in [0.29, 0.717) is 40.7 Å². The summed E-state index contributed by atoms with van der Waals surface area (Å²) in [6, 6.07) is 18.1. The van der Waals surface area contributed by atoms with Crippen LogP contribution >= 0.6 is 0 Å². The molecule has 3 aliphatic rings. The molecular formula is C31H40N8O. The minimum Gasteiger partial charge on any atom is -0.457 e. The Kier molecular flexibility index (Phi) is 8.22. The average molecular weight is 541 g/mol. The van der Waals surface area contributed by atoms with E-state index < -0.39 is 0 Å². The summed E-state index contributed by atoms with van der Waals surface area (Å²) in [4.78, 5) is 14.0. The van der Waals surface area contributed by atoms with Crippen molar-refractivity contribution in [1.29, 1.82) is 5.41 Å². The highest BCUT2D eigenvalue weighted by Crippen LogP contribution is 2.28. The molecule has 0 unspecified atom stereocenters. The first-order valence-corrected chi connectivity index (χ1v) is 14.6. The quantitative estimate of drug-likeness (QED) is 0.303. The molecule has 0 atom stereocenters. The van der Waals surface area contributed by atoms with Crippen LogP contribution in [0.15, 0.2) is 60.9 Å². The van der Waals surface area contributed by atoms with Crippen molar-refractivity contribution in [2.24, 2.45) is 5.92 Å². The van der Waals surface area contributed by atoms with E-state index in [1.165, 1.54) is 51.9 Å². The van der Waals surface area contributed by atoms with E-state index in [2.05, 4.69) is 30.4 Å². The maximum atomic E-state index is 8.94. The van der Waals surface area contributed by atoms with Gasteiger partial charge in [-0.1, -0.05) is 18.2 Å². The fourth-order valence-electron chi connectivity index (χ4n) is 6.17. The van der Waals surface area contributed by atoms with Gasteiger partial charge in [-0.3, -0.25) is 15.2 Å². The van der Waals surface area contributed by atoms with E-state index in [1.807, 2.05) is 54.6 Å². The minimum atomic E-state index is 0.296. The van der Waals surface area contributed by atoms with Crippen LogP contribution in [0.4, 0.5) is 11.6 Å². The third-order valence-electron chi connectivity index (χ3n) is 8.55. The molecule has 5 N–H and O–H groups in total. The van der Waals surface area contributed by atoms with E-state index in [1.54, 1.807) is 0 Å². The summed E-state index contributed by atoms with van der Waals surface area (Å²) in [7, 11) is 0. The number of aromatic nitrogens is 2. The fourth-order valence-corrected chi connectivity index (χ4v) is 6.17. The second kappa shape index (κ2) is 12.3. The van der Waals surface area contributed by atoms with Gasteiger partial charge in [0.25, 0.3) is 0 Å². The third-order valence-corrected chi connectivity index (χ3v) is 8.55. The number of likely N-dealkylation sites (tertiary alicyclic amines) is 2. The van der Waals surface area contributed by atoms with Crippen molar-refractivity contribution in [3.05, 3.63) is 72.1 Å². The van der Waals surface area contributed by atoms with Crippen molar-refractivity contribution in [3.8, 4) is 11.5 Å². The number of nitrogens with one attached hydrogen (secondary N) is 3. The number of para-hydroxylation sites is 1. The van der Waals surface area contributed by atoms with Crippen LogP contribution in [0.1, 0.15) is 36.8 Å². The first-order chi connectivity index (χ1) is 19.6. The van der Waals surface area contributed by atoms with Crippen LogP contribution in [-0.4, -0.2) is 83.4 Å². The van der Waals surface area contributed by atoms with Crippen LogP contribution in [0.2, 0.25) is 0 Å². The lowest BCUT2D eigenvalue weighted by molar-refractivity contribution is 0.0104. The average Bonchev–Trinajstić information content (AvgIpc) is 2.97. The molecule has 3 fully saturated rings. The molecule has 3 saturated heterocycles. The standard InChI is InChI=1S/C31H40N8O/c32-29(23-6-8-27(9-7-23)40-26-4-2-1-3-5-26)28-30(33)35-21-36-31(28)37-24-12-16-39(17-13-24)25-19-38(20-25)18-22-10-14-34-15-11-22/h1-9,21-22,24-25,32,34H,10-20H2,(H3,33,35,36,37). The van der Waals surface area contributed by atoms with E-state index in [-0.39, 0.29) is 0 Å². The van der Waals surface area contributed by atoms with Crippen LogP contribution in [0.25, 0.3) is 0 Å². The van der Waals surface area contributed by atoms with Crippen molar-refractivity contribution in [3.63, 3.8) is 0 Å². The van der Waals surface area contributed by atoms with Gasteiger partial charge in [-0.05, 0) is 81.1 Å². The number of anilines is 2. The monoisotopic (exact) mass is 540 g/mol. The second-order valence-electron chi connectivity index (χ2n) is 11.3. The molecule has 0 spiro atoms. The van der Waals surface area contributed by atoms with Gasteiger partial charge in [-0.2, -0.15) is 0 Å². The normalized spacial score (nSPS) is 19.7. The van der Waals surface area contributed by atoms with Crippen LogP contribution in [-0.2, 0) is 0 Å².